The predicted octanol–water partition coefficient (Wildman–Crippen LogP) is 7.00. The number of nitrogens with zero attached hydrogens (tertiary/aromatic N) is 2. The fourth-order valence-electron chi connectivity index (χ4n) is 6.42. The summed E-state index contributed by atoms with van der Waals surface area (Å²) >= 11 is 12.5. The van der Waals surface area contributed by atoms with Crippen LogP contribution in [0, 0.1) is 5.92 Å². The van der Waals surface area contributed by atoms with Crippen LogP contribution in [-0.4, -0.2) is 40.6 Å². The zero-order chi connectivity index (χ0) is 32.1. The maximum atomic E-state index is 14.5. The van der Waals surface area contributed by atoms with E-state index in [1.165, 1.54) is 0 Å². The number of aliphatic carboxylic acids is 1. The van der Waals surface area contributed by atoms with Crippen LogP contribution < -0.4 is 10.4 Å². The molecule has 0 radical (unpaired) electrons. The zero-order valence-corrected chi connectivity index (χ0v) is 27.2. The van der Waals surface area contributed by atoms with E-state index < -0.39 is 11.6 Å². The predicted molar refractivity (Wildman–Crippen MR) is 176 cm³/mol. The van der Waals surface area contributed by atoms with Gasteiger partial charge in [0.1, 0.15) is 11.4 Å². The third-order valence-electron chi connectivity index (χ3n) is 8.70. The van der Waals surface area contributed by atoms with Crippen LogP contribution in [0.4, 0.5) is 0 Å². The maximum absolute atomic E-state index is 14.5. The molecule has 1 saturated carbocycles. The third kappa shape index (κ3) is 7.59. The molecule has 3 aromatic carbocycles. The van der Waals surface area contributed by atoms with Crippen LogP contribution in [0.3, 0.4) is 0 Å². The minimum Gasteiger partial charge on any atom is -0.550 e. The molecule has 1 atom stereocenters. The first-order valence-electron chi connectivity index (χ1n) is 15.6. The minimum atomic E-state index is -1.21. The normalized spacial score (nSPS) is 16.6. The number of aliphatic imine (C=N–C) groups is 1. The second kappa shape index (κ2) is 14.2. The van der Waals surface area contributed by atoms with Crippen molar-refractivity contribution in [3.8, 4) is 11.1 Å². The van der Waals surface area contributed by atoms with Gasteiger partial charge in [0, 0.05) is 40.1 Å². The van der Waals surface area contributed by atoms with Gasteiger partial charge in [0.2, 0.25) is 0 Å². The molecule has 7 nitrogen and oxygen atoms in total. The number of carboxylic acid groups (broad SMARTS) is 1. The molecule has 3 aromatic rings. The van der Waals surface area contributed by atoms with Gasteiger partial charge in [-0.25, -0.2) is 0 Å². The lowest BCUT2D eigenvalue weighted by Crippen LogP contribution is -2.50. The average Bonchev–Trinajstić information content (AvgIpc) is 3.28. The van der Waals surface area contributed by atoms with Gasteiger partial charge >= 0.3 is 0 Å². The van der Waals surface area contributed by atoms with Crippen molar-refractivity contribution in [3.63, 3.8) is 0 Å². The van der Waals surface area contributed by atoms with E-state index in [0.29, 0.717) is 27.2 Å². The highest BCUT2D eigenvalue weighted by atomic mass is 35.5. The maximum Gasteiger partial charge on any atom is 0.275 e. The smallest absolute Gasteiger partial charge is 0.275 e. The number of rotatable bonds is 11. The van der Waals surface area contributed by atoms with Crippen LogP contribution in [0.2, 0.25) is 10.0 Å². The highest BCUT2D eigenvalue weighted by Gasteiger charge is 2.50. The molecule has 5 rings (SSSR count). The van der Waals surface area contributed by atoms with Gasteiger partial charge < -0.3 is 20.1 Å². The van der Waals surface area contributed by atoms with Gasteiger partial charge in [-0.1, -0.05) is 79.9 Å². The topological polar surface area (TPSA) is 102 Å². The van der Waals surface area contributed by atoms with Crippen molar-refractivity contribution < 1.29 is 19.5 Å². The summed E-state index contributed by atoms with van der Waals surface area (Å²) in [4.78, 5) is 45.1. The molecule has 1 aliphatic carbocycles. The first-order chi connectivity index (χ1) is 21.6. The largest absolute Gasteiger partial charge is 0.550 e. The lowest BCUT2D eigenvalue weighted by Gasteiger charge is -2.44. The van der Waals surface area contributed by atoms with Gasteiger partial charge in [-0.15, -0.1) is 0 Å². The summed E-state index contributed by atoms with van der Waals surface area (Å²) in [5.74, 6) is -1.20. The Kier molecular flexibility index (Phi) is 10.3. The van der Waals surface area contributed by atoms with Crippen molar-refractivity contribution in [2.24, 2.45) is 10.9 Å². The number of halogens is 2. The second-order valence-corrected chi connectivity index (χ2v) is 13.3. The Bertz CT molecular complexity index is 1560. The van der Waals surface area contributed by atoms with Crippen LogP contribution in [0.1, 0.15) is 92.7 Å². The number of carbonyl (C=O) groups is 3. The van der Waals surface area contributed by atoms with E-state index in [2.05, 4.69) is 19.2 Å². The molecule has 2 aliphatic rings. The number of carboxylic acids is 1. The highest BCUT2D eigenvalue weighted by molar-refractivity contribution is 6.46. The van der Waals surface area contributed by atoms with Gasteiger partial charge in [-0.05, 0) is 91.5 Å². The van der Waals surface area contributed by atoms with E-state index >= 15 is 0 Å². The Morgan fingerprint density at radius 2 is 1.51 bits per heavy atom. The minimum absolute atomic E-state index is 0.00132. The third-order valence-corrected chi connectivity index (χ3v) is 9.14. The van der Waals surface area contributed by atoms with Gasteiger partial charge in [-0.2, -0.15) is 0 Å². The summed E-state index contributed by atoms with van der Waals surface area (Å²) in [6.45, 7) is 4.35. The van der Waals surface area contributed by atoms with E-state index in [1.54, 1.807) is 18.2 Å². The Morgan fingerprint density at radius 3 is 2.11 bits per heavy atom. The molecule has 236 valence electrons. The SMILES string of the molecule is CC(C)CC[C@H](c1ccc(C(=O)NCCC(=O)[O-])cc1)N1C(=O)C(c2ccc(-c3cc(Cl)cc(Cl)c3)cc2)=NC12CCCCC2. The number of nitrogens with one attached hydrogen (secondary N) is 1. The Labute approximate surface area is 274 Å². The monoisotopic (exact) mass is 646 g/mol. The van der Waals surface area contributed by atoms with Crippen LogP contribution >= 0.6 is 23.2 Å². The van der Waals surface area contributed by atoms with Crippen molar-refractivity contribution in [1.29, 1.82) is 0 Å². The number of benzene rings is 3. The van der Waals surface area contributed by atoms with Gasteiger partial charge in [0.05, 0.1) is 6.04 Å². The molecule has 9 heteroatoms. The Balaban J connectivity index is 1.46. The van der Waals surface area contributed by atoms with Crippen LogP contribution in [0.25, 0.3) is 11.1 Å². The molecular weight excluding hydrogens is 609 g/mol. The molecule has 1 aliphatic heterocycles. The van der Waals surface area contributed by atoms with Crippen molar-refractivity contribution in [3.05, 3.63) is 93.5 Å². The van der Waals surface area contributed by atoms with Crippen LogP contribution in [0.15, 0.2) is 71.7 Å². The molecular formula is C36H38Cl2N3O4-. The first kappa shape index (κ1) is 32.7. The Hall–Kier alpha value is -3.68. The molecule has 0 unspecified atom stereocenters. The van der Waals surface area contributed by atoms with E-state index in [-0.39, 0.29) is 30.8 Å². The number of carbonyl (C=O) groups excluding carboxylic acids is 3. The van der Waals surface area contributed by atoms with Gasteiger partial charge in [0.25, 0.3) is 11.8 Å². The summed E-state index contributed by atoms with van der Waals surface area (Å²) in [6.07, 6.45) is 6.15. The first-order valence-corrected chi connectivity index (χ1v) is 16.4. The second-order valence-electron chi connectivity index (χ2n) is 12.4. The summed E-state index contributed by atoms with van der Waals surface area (Å²) < 4.78 is 0. The fourth-order valence-corrected chi connectivity index (χ4v) is 6.94. The molecule has 2 amide bonds. The average molecular weight is 648 g/mol. The number of amides is 2. The quantitative estimate of drug-likeness (QED) is 0.242. The van der Waals surface area contributed by atoms with E-state index in [1.807, 2.05) is 53.4 Å². The summed E-state index contributed by atoms with van der Waals surface area (Å²) in [7, 11) is 0. The fraction of sp³-hybridized carbons (Fsp3) is 0.389. The van der Waals surface area contributed by atoms with Crippen molar-refractivity contribution in [2.75, 3.05) is 6.54 Å². The lowest BCUT2D eigenvalue weighted by molar-refractivity contribution is -0.305. The van der Waals surface area contributed by atoms with Crippen LogP contribution in [-0.2, 0) is 9.59 Å². The van der Waals surface area contributed by atoms with Gasteiger partial charge in [0.15, 0.2) is 0 Å². The highest BCUT2D eigenvalue weighted by Crippen LogP contribution is 2.46. The molecule has 0 aromatic heterocycles. The zero-order valence-electron chi connectivity index (χ0n) is 25.7. The number of hydrogen-bond acceptors (Lipinski definition) is 5. The molecule has 0 saturated heterocycles. The summed E-state index contributed by atoms with van der Waals surface area (Å²) in [5.41, 5.74) is 3.85. The molecule has 45 heavy (non-hydrogen) atoms. The van der Waals surface area contributed by atoms with E-state index in [9.17, 15) is 19.5 Å². The van der Waals surface area contributed by atoms with Crippen molar-refractivity contribution in [2.45, 2.75) is 76.9 Å². The summed E-state index contributed by atoms with van der Waals surface area (Å²) in [6, 6.07) is 20.3. The molecule has 0 bridgehead atoms. The number of hydrogen-bond donors (Lipinski definition) is 1. The van der Waals surface area contributed by atoms with Crippen molar-refractivity contribution >= 4 is 46.7 Å². The summed E-state index contributed by atoms with van der Waals surface area (Å²) in [5, 5.41) is 14.5. The van der Waals surface area contributed by atoms with Gasteiger partial charge in [-0.3, -0.25) is 14.6 Å². The molecule has 1 heterocycles. The van der Waals surface area contributed by atoms with E-state index in [0.717, 1.165) is 67.2 Å². The van der Waals surface area contributed by atoms with E-state index in [4.69, 9.17) is 28.2 Å². The van der Waals surface area contributed by atoms with Crippen LogP contribution in [0.5, 0.6) is 0 Å². The standard InChI is InChI=1S/C36H39Cl2N3O4/c1-23(2)6-15-31(25-9-13-27(14-10-25)34(44)39-19-16-32(42)43)41-35(45)33(40-36(41)17-4-3-5-18-36)26-11-7-24(8-12-26)28-20-29(37)22-30(38)21-28/h7-14,20-23,31H,3-6,15-19H2,1-2H3,(H,39,44)(H,42,43)/p-1/t31-/m1/s1. The molecule has 1 N–H and O–H groups in total. The molecule has 1 spiro atoms. The lowest BCUT2D eigenvalue weighted by atomic mass is 9.85. The molecule has 1 fully saturated rings. The van der Waals surface area contributed by atoms with Crippen molar-refractivity contribution in [1.82, 2.24) is 10.2 Å². The Morgan fingerprint density at radius 1 is 0.889 bits per heavy atom.